The molecule has 0 aliphatic rings. The van der Waals surface area contributed by atoms with E-state index in [1.54, 1.807) is 48.5 Å². The van der Waals surface area contributed by atoms with Gasteiger partial charge in [-0.1, -0.05) is 24.3 Å². The number of hydrogen-bond acceptors (Lipinski definition) is 9. The van der Waals surface area contributed by atoms with E-state index in [9.17, 15) is 8.42 Å². The Kier molecular flexibility index (Phi) is 7.74. The topological polar surface area (TPSA) is 119 Å². The van der Waals surface area contributed by atoms with Gasteiger partial charge in [-0.3, -0.25) is 0 Å². The summed E-state index contributed by atoms with van der Waals surface area (Å²) in [4.78, 5) is 4.47. The Morgan fingerprint density at radius 1 is 1.00 bits per heavy atom. The number of benzene rings is 2. The van der Waals surface area contributed by atoms with Gasteiger partial charge in [-0.15, -0.1) is 5.10 Å². The van der Waals surface area contributed by atoms with Gasteiger partial charge in [0.1, 0.15) is 24.7 Å². The van der Waals surface area contributed by atoms with Crippen molar-refractivity contribution < 1.29 is 31.5 Å². The molecule has 0 aliphatic heterocycles. The van der Waals surface area contributed by atoms with Crippen molar-refractivity contribution in [2.24, 2.45) is 0 Å². The van der Waals surface area contributed by atoms with E-state index in [-0.39, 0.29) is 19.1 Å². The summed E-state index contributed by atoms with van der Waals surface area (Å²) in [5.41, 5.74) is 2.78. The number of hydrogen-bond donors (Lipinski definition) is 0. The molecule has 5 aromatic rings. The van der Waals surface area contributed by atoms with E-state index in [1.807, 2.05) is 43.3 Å². The fourth-order valence-corrected chi connectivity index (χ4v) is 4.19. The van der Waals surface area contributed by atoms with Crippen molar-refractivity contribution in [3.63, 3.8) is 0 Å². The van der Waals surface area contributed by atoms with Gasteiger partial charge in [0, 0.05) is 17.9 Å². The lowest BCUT2D eigenvalue weighted by Crippen LogP contribution is -2.02. The van der Waals surface area contributed by atoms with Crippen LogP contribution in [0.15, 0.2) is 87.4 Å². The molecule has 40 heavy (non-hydrogen) atoms. The Bertz CT molecular complexity index is 1720. The van der Waals surface area contributed by atoms with E-state index >= 15 is 0 Å². The predicted octanol–water partition coefficient (Wildman–Crippen LogP) is 5.61. The molecule has 2 aromatic carbocycles. The van der Waals surface area contributed by atoms with Gasteiger partial charge in [0.2, 0.25) is 5.88 Å². The van der Waals surface area contributed by atoms with Crippen molar-refractivity contribution in [1.29, 1.82) is 0 Å². The first-order chi connectivity index (χ1) is 19.3. The minimum Gasteiger partial charge on any atom is -0.493 e. The maximum Gasteiger partial charge on any atom is 0.263 e. The summed E-state index contributed by atoms with van der Waals surface area (Å²) < 4.78 is 53.6. The minimum atomic E-state index is -3.33. The molecule has 3 heterocycles. The fourth-order valence-electron chi connectivity index (χ4n) is 3.79. The first-order valence-corrected chi connectivity index (χ1v) is 14.2. The van der Waals surface area contributed by atoms with Crippen molar-refractivity contribution in [3.8, 4) is 34.7 Å². The van der Waals surface area contributed by atoms with Crippen LogP contribution in [0.5, 0.6) is 17.4 Å². The van der Waals surface area contributed by atoms with E-state index < -0.39 is 9.84 Å². The van der Waals surface area contributed by atoms with Crippen LogP contribution >= 0.6 is 0 Å². The molecule has 0 amide bonds. The number of para-hydroxylation sites is 1. The molecule has 0 aliphatic carbocycles. The van der Waals surface area contributed by atoms with Crippen molar-refractivity contribution >= 4 is 15.9 Å². The highest BCUT2D eigenvalue weighted by atomic mass is 32.2. The Hall–Kier alpha value is -4.77. The van der Waals surface area contributed by atoms with Crippen LogP contribution in [0, 0.1) is 6.92 Å². The zero-order valence-corrected chi connectivity index (χ0v) is 22.9. The maximum atomic E-state index is 11.7. The first-order valence-electron chi connectivity index (χ1n) is 12.2. The molecule has 206 valence electrons. The number of methoxy groups -OCH3 is 1. The second-order valence-corrected chi connectivity index (χ2v) is 10.8. The number of nitrogens with zero attached hydrogens (tertiary/aromatic N) is 3. The number of rotatable bonds is 11. The van der Waals surface area contributed by atoms with Crippen LogP contribution in [0.3, 0.4) is 0 Å². The second-order valence-electron chi connectivity index (χ2n) is 8.86. The molecule has 0 saturated carbocycles. The van der Waals surface area contributed by atoms with Crippen LogP contribution < -0.4 is 14.2 Å². The third-order valence-electron chi connectivity index (χ3n) is 5.82. The largest absolute Gasteiger partial charge is 0.493 e. The number of sulfone groups is 1. The molecular weight excluding hydrogens is 534 g/mol. The highest BCUT2D eigenvalue weighted by Crippen LogP contribution is 2.31. The number of furan rings is 1. The number of aryl methyl sites for hydroxylation is 1. The molecule has 0 fully saturated rings. The molecule has 0 bridgehead atoms. The van der Waals surface area contributed by atoms with Crippen molar-refractivity contribution in [1.82, 2.24) is 14.8 Å². The van der Waals surface area contributed by atoms with Gasteiger partial charge in [0.15, 0.2) is 27.1 Å². The van der Waals surface area contributed by atoms with Gasteiger partial charge in [0.25, 0.3) is 5.89 Å². The molecule has 5 rings (SSSR count). The molecular formula is C29H27N3O7S. The van der Waals surface area contributed by atoms with Crippen LogP contribution in [0.1, 0.15) is 22.6 Å². The normalized spacial score (nSPS) is 11.7. The van der Waals surface area contributed by atoms with Crippen LogP contribution in [0.4, 0.5) is 0 Å². The number of ether oxygens (including phenoxy) is 3. The summed E-state index contributed by atoms with van der Waals surface area (Å²) in [6, 6.07) is 18.4. The van der Waals surface area contributed by atoms with Crippen LogP contribution in [0.2, 0.25) is 0 Å². The lowest BCUT2D eigenvalue weighted by molar-refractivity contribution is 0.275. The zero-order chi connectivity index (χ0) is 28.1. The third kappa shape index (κ3) is 6.44. The number of oxazole rings is 1. The molecule has 3 aromatic heterocycles. The zero-order valence-electron chi connectivity index (χ0n) is 22.1. The Labute approximate surface area is 231 Å². The molecule has 11 heteroatoms. The summed E-state index contributed by atoms with van der Waals surface area (Å²) in [5.74, 6) is 2.89. The van der Waals surface area contributed by atoms with Crippen LogP contribution in [-0.2, 0) is 23.1 Å². The molecule has 0 N–H and O–H groups in total. The highest BCUT2D eigenvalue weighted by Gasteiger charge is 2.16. The van der Waals surface area contributed by atoms with Gasteiger partial charge >= 0.3 is 0 Å². The van der Waals surface area contributed by atoms with Crippen molar-refractivity contribution in [2.45, 2.75) is 20.1 Å². The van der Waals surface area contributed by atoms with Crippen LogP contribution in [0.25, 0.3) is 23.4 Å². The highest BCUT2D eigenvalue weighted by molar-refractivity contribution is 7.93. The van der Waals surface area contributed by atoms with Gasteiger partial charge < -0.3 is 23.0 Å². The number of aromatic nitrogens is 3. The van der Waals surface area contributed by atoms with Crippen molar-refractivity contribution in [2.75, 3.05) is 13.4 Å². The van der Waals surface area contributed by atoms with Crippen molar-refractivity contribution in [3.05, 3.63) is 101 Å². The Morgan fingerprint density at radius 2 is 1.82 bits per heavy atom. The average molecular weight is 562 g/mol. The molecule has 0 radical (unpaired) electrons. The summed E-state index contributed by atoms with van der Waals surface area (Å²) in [5, 5.41) is 5.64. The second kappa shape index (κ2) is 11.5. The fraction of sp³-hybridized carbons (Fsp3) is 0.172. The van der Waals surface area contributed by atoms with Gasteiger partial charge in [0.05, 0.1) is 24.6 Å². The minimum absolute atomic E-state index is 0.164. The molecule has 0 unspecified atom stereocenters. The quantitative estimate of drug-likeness (QED) is 0.203. The average Bonchev–Trinajstić information content (AvgIpc) is 3.70. The molecule has 0 saturated heterocycles. The third-order valence-corrected chi connectivity index (χ3v) is 6.45. The first kappa shape index (κ1) is 26.8. The SMILES string of the molecule is COc1cc(COc2nn(-c3ccccc3)cc2/C=C/S(C)(=O)=O)ccc1OCc1nc(-c2ccco2)oc1C. The van der Waals surface area contributed by atoms with Gasteiger partial charge in [-0.25, -0.2) is 18.1 Å². The monoisotopic (exact) mass is 561 g/mol. The van der Waals surface area contributed by atoms with E-state index in [4.69, 9.17) is 23.0 Å². The summed E-state index contributed by atoms with van der Waals surface area (Å²) in [6.07, 6.45) is 5.87. The van der Waals surface area contributed by atoms with E-state index in [1.165, 1.54) is 6.08 Å². The lowest BCUT2D eigenvalue weighted by atomic mass is 10.2. The van der Waals surface area contributed by atoms with Crippen LogP contribution in [-0.4, -0.2) is 36.5 Å². The lowest BCUT2D eigenvalue weighted by Gasteiger charge is -2.12. The Morgan fingerprint density at radius 3 is 2.55 bits per heavy atom. The summed E-state index contributed by atoms with van der Waals surface area (Å²) >= 11 is 0. The summed E-state index contributed by atoms with van der Waals surface area (Å²) in [6.45, 7) is 2.15. The van der Waals surface area contributed by atoms with Gasteiger partial charge in [-0.05, 0) is 55.0 Å². The standard InChI is InChI=1S/C29H27N3O7S/c1-20-24(30-29(39-20)26-10-7-14-36-26)19-37-25-12-11-21(16-27(25)35-2)18-38-28-22(13-15-40(3,33)34)17-32(31-28)23-8-5-4-6-9-23/h4-17H,18-19H2,1-3H3/b15-13+. The maximum absolute atomic E-state index is 11.7. The molecule has 0 atom stereocenters. The Balaban J connectivity index is 1.30. The van der Waals surface area contributed by atoms with E-state index in [0.29, 0.717) is 40.2 Å². The van der Waals surface area contributed by atoms with E-state index in [2.05, 4.69) is 10.1 Å². The smallest absolute Gasteiger partial charge is 0.263 e. The molecule has 10 nitrogen and oxygen atoms in total. The van der Waals surface area contributed by atoms with Gasteiger partial charge in [-0.2, -0.15) is 0 Å². The summed E-state index contributed by atoms with van der Waals surface area (Å²) in [7, 11) is -1.78. The molecule has 0 spiro atoms. The predicted molar refractivity (Wildman–Crippen MR) is 148 cm³/mol. The van der Waals surface area contributed by atoms with E-state index in [0.717, 1.165) is 22.9 Å².